The van der Waals surface area contributed by atoms with E-state index < -0.39 is 6.04 Å². The van der Waals surface area contributed by atoms with Gasteiger partial charge in [0.1, 0.15) is 10.4 Å². The summed E-state index contributed by atoms with van der Waals surface area (Å²) in [7, 11) is 0. The van der Waals surface area contributed by atoms with E-state index in [-0.39, 0.29) is 11.8 Å². The van der Waals surface area contributed by atoms with Crippen LogP contribution in [0.1, 0.15) is 18.2 Å². The number of thioether (sulfide) groups is 1. The third-order valence-electron chi connectivity index (χ3n) is 4.03. The van der Waals surface area contributed by atoms with Crippen LogP contribution in [0.5, 0.6) is 0 Å². The van der Waals surface area contributed by atoms with Crippen LogP contribution in [0.15, 0.2) is 41.7 Å². The van der Waals surface area contributed by atoms with Crippen molar-refractivity contribution >= 4 is 57.8 Å². The molecule has 1 aromatic carbocycles. The van der Waals surface area contributed by atoms with Crippen molar-refractivity contribution in [3.05, 3.63) is 58.0 Å². The zero-order valence-corrected chi connectivity index (χ0v) is 16.8. The van der Waals surface area contributed by atoms with E-state index in [4.69, 9.17) is 23.8 Å². The van der Waals surface area contributed by atoms with Gasteiger partial charge in [-0.15, -0.1) is 0 Å². The van der Waals surface area contributed by atoms with Gasteiger partial charge in [-0.1, -0.05) is 53.8 Å². The second kappa shape index (κ2) is 8.69. The van der Waals surface area contributed by atoms with Gasteiger partial charge < -0.3 is 10.3 Å². The number of amides is 2. The van der Waals surface area contributed by atoms with Crippen LogP contribution in [-0.2, 0) is 16.0 Å². The molecule has 0 radical (unpaired) electrons. The van der Waals surface area contributed by atoms with E-state index in [0.29, 0.717) is 27.2 Å². The predicted octanol–water partition coefficient (Wildman–Crippen LogP) is 3.01. The van der Waals surface area contributed by atoms with Crippen LogP contribution in [0, 0.1) is 0 Å². The predicted molar refractivity (Wildman–Crippen MR) is 111 cm³/mol. The minimum atomic E-state index is -0.698. The maximum Gasteiger partial charge on any atom is 0.266 e. The Bertz CT molecular complexity index is 899. The Hall–Kier alpha value is -2.16. The Morgan fingerprint density at radius 2 is 2.26 bits per heavy atom. The van der Waals surface area contributed by atoms with Gasteiger partial charge in [0, 0.05) is 29.9 Å². The number of hydrogen-bond acceptors (Lipinski definition) is 5. The number of aromatic nitrogens is 2. The summed E-state index contributed by atoms with van der Waals surface area (Å²) >= 11 is 12.6. The molecular formula is C18H17ClN4O2S2. The molecule has 2 heterocycles. The first kappa shape index (κ1) is 19.6. The van der Waals surface area contributed by atoms with Gasteiger partial charge in [-0.05, 0) is 24.6 Å². The molecule has 1 aliphatic rings. The molecule has 1 aliphatic heterocycles. The lowest BCUT2D eigenvalue weighted by atomic mass is 10.2. The summed E-state index contributed by atoms with van der Waals surface area (Å²) in [5.74, 6) is -0.550. The van der Waals surface area contributed by atoms with Crippen LogP contribution in [0.4, 0.5) is 0 Å². The first-order valence-electron chi connectivity index (χ1n) is 8.24. The summed E-state index contributed by atoms with van der Waals surface area (Å²) < 4.78 is 0.356. The van der Waals surface area contributed by atoms with Gasteiger partial charge in [-0.25, -0.2) is 4.98 Å². The van der Waals surface area contributed by atoms with Crippen molar-refractivity contribution in [2.45, 2.75) is 19.4 Å². The minimum Gasteiger partial charge on any atom is -0.354 e. The van der Waals surface area contributed by atoms with Gasteiger partial charge in [0.2, 0.25) is 5.91 Å². The molecule has 9 heteroatoms. The molecule has 0 spiro atoms. The third-order valence-corrected chi connectivity index (χ3v) is 5.71. The molecule has 1 atom stereocenters. The van der Waals surface area contributed by atoms with Crippen molar-refractivity contribution in [2.75, 3.05) is 6.54 Å². The summed E-state index contributed by atoms with van der Waals surface area (Å²) in [6.07, 6.45) is 5.62. The molecule has 1 fully saturated rings. The number of thiocarbonyl (C=S) groups is 1. The number of halogens is 1. The fourth-order valence-electron chi connectivity index (χ4n) is 2.55. The number of nitrogens with zero attached hydrogens (tertiary/aromatic N) is 2. The molecule has 2 N–H and O–H groups in total. The van der Waals surface area contributed by atoms with Gasteiger partial charge >= 0.3 is 0 Å². The highest BCUT2D eigenvalue weighted by molar-refractivity contribution is 8.26. The van der Waals surface area contributed by atoms with Crippen LogP contribution >= 0.6 is 35.6 Å². The van der Waals surface area contributed by atoms with Crippen molar-refractivity contribution in [2.24, 2.45) is 0 Å². The number of carbonyl (C=O) groups excluding carboxylic acids is 2. The maximum absolute atomic E-state index is 12.8. The van der Waals surface area contributed by atoms with Crippen LogP contribution in [-0.4, -0.2) is 43.6 Å². The average Bonchev–Trinajstić information content (AvgIpc) is 3.25. The fraction of sp³-hybridized carbons (Fsp3) is 0.222. The summed E-state index contributed by atoms with van der Waals surface area (Å²) in [5, 5.41) is 3.37. The molecule has 2 aromatic rings. The van der Waals surface area contributed by atoms with Gasteiger partial charge in [0.05, 0.1) is 11.2 Å². The lowest BCUT2D eigenvalue weighted by Crippen LogP contribution is -2.47. The molecule has 0 saturated carbocycles. The van der Waals surface area contributed by atoms with Gasteiger partial charge in [-0.2, -0.15) is 0 Å². The average molecular weight is 421 g/mol. The molecule has 1 aromatic heterocycles. The summed E-state index contributed by atoms with van der Waals surface area (Å²) in [6, 6.07) is 6.54. The van der Waals surface area contributed by atoms with Gasteiger partial charge in [-0.3, -0.25) is 14.5 Å². The van der Waals surface area contributed by atoms with Gasteiger partial charge in [0.25, 0.3) is 5.91 Å². The first-order chi connectivity index (χ1) is 13.0. The summed E-state index contributed by atoms with van der Waals surface area (Å²) in [5.41, 5.74) is 1.66. The number of rotatable bonds is 6. The number of carbonyl (C=O) groups is 2. The second-order valence-electron chi connectivity index (χ2n) is 5.87. The third kappa shape index (κ3) is 4.58. The molecule has 27 heavy (non-hydrogen) atoms. The lowest BCUT2D eigenvalue weighted by Gasteiger charge is -2.22. The zero-order valence-electron chi connectivity index (χ0n) is 14.4. The van der Waals surface area contributed by atoms with Crippen molar-refractivity contribution in [3.8, 4) is 0 Å². The van der Waals surface area contributed by atoms with Crippen LogP contribution in [0.25, 0.3) is 6.08 Å². The number of benzene rings is 1. The molecule has 0 unspecified atom stereocenters. The Morgan fingerprint density at radius 3 is 2.96 bits per heavy atom. The maximum atomic E-state index is 12.8. The monoisotopic (exact) mass is 420 g/mol. The quantitative estimate of drug-likeness (QED) is 0.554. The van der Waals surface area contributed by atoms with Crippen LogP contribution < -0.4 is 5.32 Å². The van der Waals surface area contributed by atoms with E-state index in [1.807, 2.05) is 18.2 Å². The van der Waals surface area contributed by atoms with Crippen molar-refractivity contribution < 1.29 is 9.59 Å². The Morgan fingerprint density at radius 1 is 1.48 bits per heavy atom. The van der Waals surface area contributed by atoms with E-state index in [1.165, 1.54) is 16.7 Å². The fourth-order valence-corrected chi connectivity index (χ4v) is 4.15. The summed E-state index contributed by atoms with van der Waals surface area (Å²) in [4.78, 5) is 33.9. The van der Waals surface area contributed by atoms with Crippen molar-refractivity contribution in [1.29, 1.82) is 0 Å². The highest BCUT2D eigenvalue weighted by Crippen LogP contribution is 2.34. The molecule has 3 rings (SSSR count). The molecule has 2 amide bonds. The Labute approximate surface area is 171 Å². The van der Waals surface area contributed by atoms with E-state index in [1.54, 1.807) is 31.6 Å². The first-order valence-corrected chi connectivity index (χ1v) is 9.84. The Balaban J connectivity index is 1.65. The lowest BCUT2D eigenvalue weighted by molar-refractivity contribution is -0.132. The normalized spacial score (nSPS) is 16.8. The SMILES string of the molecule is C[C@@H](C(=O)NCCc1cnc[nH]1)N1C(=O)/C(=C/c2ccccc2Cl)SC1=S. The number of H-pyrrole nitrogens is 1. The number of aromatic amines is 1. The smallest absolute Gasteiger partial charge is 0.266 e. The number of nitrogens with one attached hydrogen (secondary N) is 2. The van der Waals surface area contributed by atoms with E-state index in [9.17, 15) is 9.59 Å². The number of imidazole rings is 1. The second-order valence-corrected chi connectivity index (χ2v) is 7.95. The van der Waals surface area contributed by atoms with Crippen molar-refractivity contribution in [1.82, 2.24) is 20.2 Å². The van der Waals surface area contributed by atoms with Crippen LogP contribution in [0.2, 0.25) is 5.02 Å². The van der Waals surface area contributed by atoms with Crippen molar-refractivity contribution in [3.63, 3.8) is 0 Å². The highest BCUT2D eigenvalue weighted by atomic mass is 35.5. The zero-order chi connectivity index (χ0) is 19.4. The molecule has 1 saturated heterocycles. The van der Waals surface area contributed by atoms with E-state index in [0.717, 1.165) is 11.3 Å². The standard InChI is InChI=1S/C18H17ClN4O2S2/c1-11(16(24)21-7-6-13-9-20-10-22-13)23-17(25)15(27-18(23)26)8-12-4-2-3-5-14(12)19/h2-5,8-11H,6-7H2,1H3,(H,20,22)(H,21,24)/b15-8-/t11-/m0/s1. The molecule has 0 aliphatic carbocycles. The molecule has 6 nitrogen and oxygen atoms in total. The van der Waals surface area contributed by atoms with Crippen LogP contribution in [0.3, 0.4) is 0 Å². The molecular weight excluding hydrogens is 404 g/mol. The number of hydrogen-bond donors (Lipinski definition) is 2. The Kier molecular flexibility index (Phi) is 6.30. The largest absolute Gasteiger partial charge is 0.354 e. The van der Waals surface area contributed by atoms with E-state index in [2.05, 4.69) is 15.3 Å². The summed E-state index contributed by atoms with van der Waals surface area (Å²) in [6.45, 7) is 2.10. The van der Waals surface area contributed by atoms with Gasteiger partial charge in [0.15, 0.2) is 0 Å². The minimum absolute atomic E-state index is 0.259. The van der Waals surface area contributed by atoms with E-state index >= 15 is 0 Å². The molecule has 140 valence electrons. The topological polar surface area (TPSA) is 78.1 Å². The molecule has 0 bridgehead atoms. The highest BCUT2D eigenvalue weighted by Gasteiger charge is 2.38.